The van der Waals surface area contributed by atoms with Gasteiger partial charge in [0.15, 0.2) is 11.5 Å². The number of rotatable bonds is 8. The summed E-state index contributed by atoms with van der Waals surface area (Å²) in [6.45, 7) is 8.23. The highest BCUT2D eigenvalue weighted by Crippen LogP contribution is 2.38. The molecule has 0 bridgehead atoms. The fourth-order valence-corrected chi connectivity index (χ4v) is 3.88. The number of likely N-dealkylation sites (tertiary alicyclic amines) is 1. The van der Waals surface area contributed by atoms with E-state index in [0.717, 1.165) is 46.3 Å². The van der Waals surface area contributed by atoms with Crippen LogP contribution in [0.5, 0.6) is 17.4 Å². The first-order chi connectivity index (χ1) is 16.6. The monoisotopic (exact) mass is 497 g/mol. The van der Waals surface area contributed by atoms with Gasteiger partial charge in [-0.15, -0.1) is 0 Å². The van der Waals surface area contributed by atoms with Gasteiger partial charge < -0.3 is 29.2 Å². The lowest BCUT2D eigenvalue weighted by Gasteiger charge is -2.15. The summed E-state index contributed by atoms with van der Waals surface area (Å²) >= 11 is 0. The minimum Gasteiger partial charge on any atom is -0.493 e. The Bertz CT molecular complexity index is 1140. The van der Waals surface area contributed by atoms with E-state index in [1.54, 1.807) is 13.3 Å². The molecule has 35 heavy (non-hydrogen) atoms. The Morgan fingerprint density at radius 2 is 1.89 bits per heavy atom. The molecule has 8 nitrogen and oxygen atoms in total. The first kappa shape index (κ1) is 26.4. The zero-order valence-corrected chi connectivity index (χ0v) is 19.9. The number of methoxy groups -OCH3 is 1. The molecule has 0 aliphatic carbocycles. The molecule has 11 heteroatoms. The maximum Gasteiger partial charge on any atom is 0.490 e. The molecular weight excluding hydrogens is 467 g/mol. The second kappa shape index (κ2) is 11.5. The van der Waals surface area contributed by atoms with Crippen LogP contribution in [0.15, 0.2) is 24.4 Å². The Labute approximate surface area is 201 Å². The smallest absolute Gasteiger partial charge is 0.490 e. The molecule has 0 saturated carbocycles. The molecule has 192 valence electrons. The summed E-state index contributed by atoms with van der Waals surface area (Å²) < 4.78 is 49.3. The molecule has 1 aliphatic rings. The summed E-state index contributed by atoms with van der Waals surface area (Å²) in [6, 6.07) is 5.99. The van der Waals surface area contributed by atoms with Gasteiger partial charge in [0.1, 0.15) is 0 Å². The van der Waals surface area contributed by atoms with Gasteiger partial charge in [-0.05, 0) is 58.3 Å². The van der Waals surface area contributed by atoms with Crippen LogP contribution in [0.4, 0.5) is 13.2 Å². The summed E-state index contributed by atoms with van der Waals surface area (Å²) in [7, 11) is 1.68. The molecule has 1 saturated heterocycles. The number of aromatic nitrogens is 2. The molecule has 0 radical (unpaired) electrons. The fraction of sp³-hybridized carbons (Fsp3) is 0.500. The van der Waals surface area contributed by atoms with Crippen LogP contribution in [0, 0.1) is 0 Å². The number of pyridine rings is 1. The molecule has 1 aliphatic heterocycles. The Morgan fingerprint density at radius 3 is 2.49 bits per heavy atom. The van der Waals surface area contributed by atoms with Crippen LogP contribution in [0.2, 0.25) is 0 Å². The van der Waals surface area contributed by atoms with Crippen molar-refractivity contribution in [2.45, 2.75) is 45.4 Å². The third-order valence-corrected chi connectivity index (χ3v) is 5.42. The van der Waals surface area contributed by atoms with E-state index in [0.29, 0.717) is 12.5 Å². The number of H-pyrrole nitrogens is 1. The number of hydrogen-bond donors (Lipinski definition) is 2. The number of benzene rings is 1. The quantitative estimate of drug-likeness (QED) is 0.422. The van der Waals surface area contributed by atoms with Crippen LogP contribution in [-0.2, 0) is 4.79 Å². The molecule has 1 fully saturated rings. The van der Waals surface area contributed by atoms with Gasteiger partial charge in [-0.1, -0.05) is 0 Å². The third-order valence-electron chi connectivity index (χ3n) is 5.42. The minimum absolute atomic E-state index is 0.0585. The predicted molar refractivity (Wildman–Crippen MR) is 125 cm³/mol. The van der Waals surface area contributed by atoms with Crippen molar-refractivity contribution in [3.63, 3.8) is 0 Å². The van der Waals surface area contributed by atoms with E-state index < -0.39 is 12.1 Å². The molecular formula is C24H30F3N3O5. The van der Waals surface area contributed by atoms with Gasteiger partial charge in [0, 0.05) is 24.2 Å². The second-order valence-corrected chi connectivity index (χ2v) is 8.43. The number of carboxylic acid groups (broad SMARTS) is 1. The van der Waals surface area contributed by atoms with E-state index in [1.807, 2.05) is 32.0 Å². The largest absolute Gasteiger partial charge is 0.493 e. The number of carbonyl (C=O) groups is 1. The first-order valence-corrected chi connectivity index (χ1v) is 11.4. The van der Waals surface area contributed by atoms with Crippen LogP contribution in [0.3, 0.4) is 0 Å². The lowest BCUT2D eigenvalue weighted by Crippen LogP contribution is -2.21. The molecule has 0 atom stereocenters. The maximum absolute atomic E-state index is 10.6. The van der Waals surface area contributed by atoms with Crippen molar-refractivity contribution in [2.75, 3.05) is 33.4 Å². The maximum atomic E-state index is 10.6. The number of ether oxygens (including phenoxy) is 3. The van der Waals surface area contributed by atoms with Crippen molar-refractivity contribution in [2.24, 2.45) is 0 Å². The zero-order valence-electron chi connectivity index (χ0n) is 19.9. The molecule has 0 unspecified atom stereocenters. The Kier molecular flexibility index (Phi) is 8.66. The molecule has 3 aromatic rings. The number of hydrogen-bond acceptors (Lipinski definition) is 6. The van der Waals surface area contributed by atoms with Crippen LogP contribution in [0.1, 0.15) is 33.1 Å². The third kappa shape index (κ3) is 6.91. The lowest BCUT2D eigenvalue weighted by atomic mass is 10.1. The topological polar surface area (TPSA) is 96.9 Å². The number of alkyl halides is 3. The van der Waals surface area contributed by atoms with Crippen molar-refractivity contribution >= 4 is 27.8 Å². The molecule has 0 spiro atoms. The molecule has 2 N–H and O–H groups in total. The average molecular weight is 498 g/mol. The number of fused-ring (bicyclic) bond motifs is 3. The summed E-state index contributed by atoms with van der Waals surface area (Å²) in [5.41, 5.74) is 1.99. The molecule has 2 aromatic heterocycles. The average Bonchev–Trinajstić information content (AvgIpc) is 3.43. The second-order valence-electron chi connectivity index (χ2n) is 8.43. The van der Waals surface area contributed by atoms with E-state index in [1.165, 1.54) is 25.9 Å². The summed E-state index contributed by atoms with van der Waals surface area (Å²) in [5, 5.41) is 9.13. The standard InChI is InChI=1S/C22H29N3O3.C2HF3O2/c1-15(2)28-22-21-16-13-19(26-3)20(14-18(16)24-17(21)7-8-23-22)27-12-6-11-25-9-4-5-10-25;3-2(4,5)1(6)7/h7-8,13-15,24H,4-6,9-12H2,1-3H3;(H,6,7). The van der Waals surface area contributed by atoms with Crippen LogP contribution in [-0.4, -0.2) is 71.6 Å². The number of nitrogens with one attached hydrogen (secondary N) is 1. The van der Waals surface area contributed by atoms with Gasteiger partial charge >= 0.3 is 12.1 Å². The van der Waals surface area contributed by atoms with Gasteiger partial charge in [-0.3, -0.25) is 0 Å². The van der Waals surface area contributed by atoms with E-state index in [9.17, 15) is 13.2 Å². The fourth-order valence-electron chi connectivity index (χ4n) is 3.88. The molecule has 1 aromatic carbocycles. The molecule has 3 heterocycles. The van der Waals surface area contributed by atoms with Crippen LogP contribution < -0.4 is 14.2 Å². The zero-order chi connectivity index (χ0) is 25.6. The summed E-state index contributed by atoms with van der Waals surface area (Å²) in [5.74, 6) is -0.622. The van der Waals surface area contributed by atoms with Crippen molar-refractivity contribution in [3.05, 3.63) is 24.4 Å². The number of nitrogens with zero attached hydrogens (tertiary/aromatic N) is 2. The van der Waals surface area contributed by atoms with E-state index in [-0.39, 0.29) is 6.10 Å². The van der Waals surface area contributed by atoms with Gasteiger partial charge in [0.05, 0.1) is 36.2 Å². The highest BCUT2D eigenvalue weighted by atomic mass is 19.4. The SMILES string of the molecule is COc1cc2c(cc1OCCCN1CCCC1)[nH]c1ccnc(OC(C)C)c12.O=C(O)C(F)(F)F. The number of aromatic amines is 1. The van der Waals surface area contributed by atoms with E-state index >= 15 is 0 Å². The Balaban J connectivity index is 0.000000429. The summed E-state index contributed by atoms with van der Waals surface area (Å²) in [4.78, 5) is 19.3. The number of carboxylic acids is 1. The highest BCUT2D eigenvalue weighted by molar-refractivity contribution is 6.10. The van der Waals surface area contributed by atoms with Crippen molar-refractivity contribution in [1.82, 2.24) is 14.9 Å². The number of halogens is 3. The molecule has 0 amide bonds. The lowest BCUT2D eigenvalue weighted by molar-refractivity contribution is -0.192. The normalized spacial score (nSPS) is 14.3. The number of aliphatic carboxylic acids is 1. The van der Waals surface area contributed by atoms with Gasteiger partial charge in [0.2, 0.25) is 5.88 Å². The van der Waals surface area contributed by atoms with Crippen molar-refractivity contribution in [1.29, 1.82) is 0 Å². The van der Waals surface area contributed by atoms with Crippen molar-refractivity contribution in [3.8, 4) is 17.4 Å². The van der Waals surface area contributed by atoms with Gasteiger partial charge in [-0.25, -0.2) is 9.78 Å². The Morgan fingerprint density at radius 1 is 1.20 bits per heavy atom. The van der Waals surface area contributed by atoms with Crippen molar-refractivity contribution < 1.29 is 37.3 Å². The van der Waals surface area contributed by atoms with Gasteiger partial charge in [-0.2, -0.15) is 13.2 Å². The summed E-state index contributed by atoms with van der Waals surface area (Å²) in [6.07, 6.45) is 0.405. The first-order valence-electron chi connectivity index (χ1n) is 11.4. The van der Waals surface area contributed by atoms with Crippen LogP contribution in [0.25, 0.3) is 21.8 Å². The van der Waals surface area contributed by atoms with E-state index in [4.69, 9.17) is 24.1 Å². The van der Waals surface area contributed by atoms with E-state index in [2.05, 4.69) is 14.9 Å². The van der Waals surface area contributed by atoms with Crippen LogP contribution >= 0.6 is 0 Å². The molecule has 4 rings (SSSR count). The highest BCUT2D eigenvalue weighted by Gasteiger charge is 2.38. The Hall–Kier alpha value is -3.21. The minimum atomic E-state index is -5.08. The predicted octanol–water partition coefficient (Wildman–Crippen LogP) is 5.01. The van der Waals surface area contributed by atoms with Gasteiger partial charge in [0.25, 0.3) is 0 Å².